The topological polar surface area (TPSA) is 55.4 Å². The number of amides is 1. The fraction of sp³-hybridized carbons (Fsp3) is 0.0667. The third kappa shape index (κ3) is 3.85. The number of rotatable bonds is 3. The lowest BCUT2D eigenvalue weighted by Crippen LogP contribution is -2.13. The molecule has 0 aromatic heterocycles. The number of hydrogen-bond donors (Lipinski definition) is 1. The van der Waals surface area contributed by atoms with Crippen LogP contribution in [-0.2, 0) is 4.79 Å². The van der Waals surface area contributed by atoms with Crippen molar-refractivity contribution >= 4 is 17.6 Å². The maximum absolute atomic E-state index is 13.5. The van der Waals surface area contributed by atoms with E-state index < -0.39 is 23.5 Å². The number of benzene rings is 2. The number of anilines is 1. The third-order valence-electron chi connectivity index (χ3n) is 2.54. The molecular weight excluding hydrogens is 280 g/mol. The molecule has 0 saturated carbocycles. The SMILES string of the molecule is CC(=O)Oc1cccc(C(=O)Nc2ccc(F)cc2F)c1. The highest BCUT2D eigenvalue weighted by atomic mass is 19.1. The van der Waals surface area contributed by atoms with E-state index in [0.29, 0.717) is 6.07 Å². The van der Waals surface area contributed by atoms with Gasteiger partial charge in [-0.25, -0.2) is 8.78 Å². The smallest absolute Gasteiger partial charge is 0.308 e. The highest BCUT2D eigenvalue weighted by Crippen LogP contribution is 2.18. The summed E-state index contributed by atoms with van der Waals surface area (Å²) < 4.78 is 31.1. The minimum absolute atomic E-state index is 0.140. The number of halogens is 2. The van der Waals surface area contributed by atoms with Gasteiger partial charge in [0.2, 0.25) is 0 Å². The zero-order chi connectivity index (χ0) is 15.4. The van der Waals surface area contributed by atoms with Crippen LogP contribution in [0.4, 0.5) is 14.5 Å². The number of esters is 1. The van der Waals surface area contributed by atoms with Crippen LogP contribution in [0, 0.1) is 11.6 Å². The minimum atomic E-state index is -0.875. The number of carbonyl (C=O) groups is 2. The second-order valence-electron chi connectivity index (χ2n) is 4.20. The predicted octanol–water partition coefficient (Wildman–Crippen LogP) is 3.14. The molecule has 0 bridgehead atoms. The Morgan fingerprint density at radius 2 is 1.86 bits per heavy atom. The van der Waals surface area contributed by atoms with E-state index in [-0.39, 0.29) is 17.0 Å². The van der Waals surface area contributed by atoms with Crippen molar-refractivity contribution in [3.05, 3.63) is 59.7 Å². The van der Waals surface area contributed by atoms with E-state index >= 15 is 0 Å². The Morgan fingerprint density at radius 3 is 2.52 bits per heavy atom. The summed E-state index contributed by atoms with van der Waals surface area (Å²) >= 11 is 0. The Kier molecular flexibility index (Phi) is 4.27. The fourth-order valence-corrected chi connectivity index (χ4v) is 1.65. The molecule has 1 amide bonds. The molecule has 21 heavy (non-hydrogen) atoms. The van der Waals surface area contributed by atoms with Gasteiger partial charge in [-0.15, -0.1) is 0 Å². The van der Waals surface area contributed by atoms with Crippen LogP contribution in [0.3, 0.4) is 0 Å². The quantitative estimate of drug-likeness (QED) is 0.698. The van der Waals surface area contributed by atoms with Crippen LogP contribution in [0.15, 0.2) is 42.5 Å². The van der Waals surface area contributed by atoms with Crippen molar-refractivity contribution in [2.75, 3.05) is 5.32 Å². The molecule has 0 aliphatic carbocycles. The molecule has 0 aliphatic rings. The van der Waals surface area contributed by atoms with Gasteiger partial charge in [-0.1, -0.05) is 6.07 Å². The maximum atomic E-state index is 13.5. The van der Waals surface area contributed by atoms with Crippen LogP contribution in [0.25, 0.3) is 0 Å². The standard InChI is InChI=1S/C15H11F2NO3/c1-9(19)21-12-4-2-3-10(7-12)15(20)18-14-6-5-11(16)8-13(14)17/h2-8H,1H3,(H,18,20). The molecule has 0 radical (unpaired) electrons. The molecule has 0 heterocycles. The molecule has 2 rings (SSSR count). The fourth-order valence-electron chi connectivity index (χ4n) is 1.65. The van der Waals surface area contributed by atoms with Crippen molar-refractivity contribution in [1.82, 2.24) is 0 Å². The lowest BCUT2D eigenvalue weighted by atomic mass is 10.2. The summed E-state index contributed by atoms with van der Waals surface area (Å²) in [5.41, 5.74) is 0.0387. The van der Waals surface area contributed by atoms with E-state index in [1.165, 1.54) is 31.2 Å². The summed E-state index contributed by atoms with van der Waals surface area (Å²) in [6.07, 6.45) is 0. The summed E-state index contributed by atoms with van der Waals surface area (Å²) in [7, 11) is 0. The van der Waals surface area contributed by atoms with Gasteiger partial charge >= 0.3 is 5.97 Å². The van der Waals surface area contributed by atoms with E-state index in [1.807, 2.05) is 0 Å². The van der Waals surface area contributed by atoms with Gasteiger partial charge < -0.3 is 10.1 Å². The van der Waals surface area contributed by atoms with Gasteiger partial charge in [0.15, 0.2) is 0 Å². The molecule has 0 saturated heterocycles. The maximum Gasteiger partial charge on any atom is 0.308 e. The zero-order valence-electron chi connectivity index (χ0n) is 11.0. The Hall–Kier alpha value is -2.76. The van der Waals surface area contributed by atoms with E-state index in [0.717, 1.165) is 12.1 Å². The minimum Gasteiger partial charge on any atom is -0.427 e. The molecule has 0 spiro atoms. The summed E-state index contributed by atoms with van der Waals surface area (Å²) in [5, 5.41) is 2.31. The second-order valence-corrected chi connectivity index (χ2v) is 4.20. The van der Waals surface area contributed by atoms with Crippen molar-refractivity contribution < 1.29 is 23.1 Å². The summed E-state index contributed by atoms with van der Waals surface area (Å²) in [6.45, 7) is 1.24. The molecule has 0 atom stereocenters. The first-order valence-corrected chi connectivity index (χ1v) is 6.00. The summed E-state index contributed by atoms with van der Waals surface area (Å²) in [5.74, 6) is -2.52. The molecule has 6 heteroatoms. The van der Waals surface area contributed by atoms with Crippen molar-refractivity contribution in [1.29, 1.82) is 0 Å². The van der Waals surface area contributed by atoms with E-state index in [1.54, 1.807) is 0 Å². The predicted molar refractivity (Wildman–Crippen MR) is 72.1 cm³/mol. The zero-order valence-corrected chi connectivity index (χ0v) is 11.0. The highest BCUT2D eigenvalue weighted by Gasteiger charge is 2.11. The van der Waals surface area contributed by atoms with Gasteiger partial charge in [-0.3, -0.25) is 9.59 Å². The van der Waals surface area contributed by atoms with Gasteiger partial charge in [0.1, 0.15) is 17.4 Å². The van der Waals surface area contributed by atoms with Gasteiger partial charge in [0.25, 0.3) is 5.91 Å². The van der Waals surface area contributed by atoms with Crippen molar-refractivity contribution in [3.8, 4) is 5.75 Å². The Morgan fingerprint density at radius 1 is 1.10 bits per heavy atom. The highest BCUT2D eigenvalue weighted by molar-refractivity contribution is 6.04. The number of ether oxygens (including phenoxy) is 1. The lowest BCUT2D eigenvalue weighted by molar-refractivity contribution is -0.131. The van der Waals surface area contributed by atoms with Gasteiger partial charge in [-0.2, -0.15) is 0 Å². The third-order valence-corrected chi connectivity index (χ3v) is 2.54. The first-order valence-electron chi connectivity index (χ1n) is 6.00. The Labute approximate surface area is 119 Å². The monoisotopic (exact) mass is 291 g/mol. The molecule has 0 unspecified atom stereocenters. The van der Waals surface area contributed by atoms with Crippen molar-refractivity contribution in [2.24, 2.45) is 0 Å². The van der Waals surface area contributed by atoms with Crippen molar-refractivity contribution in [2.45, 2.75) is 6.92 Å². The number of hydrogen-bond acceptors (Lipinski definition) is 3. The molecule has 4 nitrogen and oxygen atoms in total. The first kappa shape index (κ1) is 14.6. The molecule has 2 aromatic carbocycles. The number of carbonyl (C=O) groups excluding carboxylic acids is 2. The molecule has 0 aliphatic heterocycles. The molecule has 1 N–H and O–H groups in total. The second kappa shape index (κ2) is 6.13. The first-order chi connectivity index (χ1) is 9.95. The largest absolute Gasteiger partial charge is 0.427 e. The van der Waals surface area contributed by atoms with Crippen LogP contribution in [0.1, 0.15) is 17.3 Å². The molecular formula is C15H11F2NO3. The average molecular weight is 291 g/mol. The normalized spacial score (nSPS) is 10.0. The molecule has 108 valence electrons. The van der Waals surface area contributed by atoms with E-state index in [2.05, 4.69) is 5.32 Å². The van der Waals surface area contributed by atoms with E-state index in [4.69, 9.17) is 4.74 Å². The summed E-state index contributed by atoms with van der Waals surface area (Å²) in [4.78, 5) is 22.8. The van der Waals surface area contributed by atoms with Crippen LogP contribution < -0.4 is 10.1 Å². The van der Waals surface area contributed by atoms with Gasteiger partial charge in [0, 0.05) is 18.6 Å². The lowest BCUT2D eigenvalue weighted by Gasteiger charge is -2.07. The van der Waals surface area contributed by atoms with Crippen LogP contribution >= 0.6 is 0 Å². The van der Waals surface area contributed by atoms with E-state index in [9.17, 15) is 18.4 Å². The van der Waals surface area contributed by atoms with Crippen LogP contribution in [-0.4, -0.2) is 11.9 Å². The molecule has 0 fully saturated rings. The van der Waals surface area contributed by atoms with Crippen LogP contribution in [0.2, 0.25) is 0 Å². The Balaban J connectivity index is 2.18. The number of nitrogens with one attached hydrogen (secondary N) is 1. The van der Waals surface area contributed by atoms with Crippen molar-refractivity contribution in [3.63, 3.8) is 0 Å². The van der Waals surface area contributed by atoms with Gasteiger partial charge in [-0.05, 0) is 30.3 Å². The average Bonchev–Trinajstić information content (AvgIpc) is 2.41. The Bertz CT molecular complexity index is 701. The van der Waals surface area contributed by atoms with Crippen LogP contribution in [0.5, 0.6) is 5.75 Å². The summed E-state index contributed by atoms with van der Waals surface area (Å²) in [6, 6.07) is 8.68. The molecule has 2 aromatic rings. The van der Waals surface area contributed by atoms with Gasteiger partial charge in [0.05, 0.1) is 5.69 Å².